The molecule has 0 heterocycles. The molecule has 0 saturated carbocycles. The molecule has 0 spiro atoms. The Labute approximate surface area is 97.9 Å². The minimum absolute atomic E-state index is 0.0977. The van der Waals surface area contributed by atoms with E-state index in [0.717, 1.165) is 19.4 Å². The van der Waals surface area contributed by atoms with Crippen LogP contribution in [0.25, 0.3) is 0 Å². The minimum Gasteiger partial charge on any atom is -0.394 e. The Morgan fingerprint density at radius 3 is 2.56 bits per heavy atom. The second-order valence-corrected chi connectivity index (χ2v) is 3.68. The third-order valence-corrected chi connectivity index (χ3v) is 2.22. The lowest BCUT2D eigenvalue weighted by molar-refractivity contribution is -0.0405. The topological polar surface area (TPSA) is 73.9 Å². The van der Waals surface area contributed by atoms with E-state index in [1.165, 1.54) is 0 Å². The molecule has 0 aliphatic rings. The van der Waals surface area contributed by atoms with Crippen molar-refractivity contribution in [3.63, 3.8) is 0 Å². The summed E-state index contributed by atoms with van der Waals surface area (Å²) in [4.78, 5) is 0. The smallest absolute Gasteiger partial charge is 0.0979 e. The number of unbranched alkanes of at least 4 members (excludes halogenated alkanes) is 1. The highest BCUT2D eigenvalue weighted by molar-refractivity contribution is 4.71. The molecule has 0 aliphatic heterocycles. The van der Waals surface area contributed by atoms with Gasteiger partial charge in [-0.05, 0) is 6.42 Å². The van der Waals surface area contributed by atoms with Gasteiger partial charge in [0.05, 0.1) is 38.6 Å². The Bertz CT molecular complexity index is 146. The van der Waals surface area contributed by atoms with Gasteiger partial charge in [-0.25, -0.2) is 0 Å². The number of hydrogen-bond donors (Lipinski definition) is 2. The Hall–Kier alpha value is -0.200. The summed E-state index contributed by atoms with van der Waals surface area (Å²) < 4.78 is 15.6. The molecule has 0 aromatic rings. The molecule has 0 bridgehead atoms. The number of aliphatic hydroxyl groups is 1. The maximum atomic E-state index is 9.06. The number of hydrogen-bond acceptors (Lipinski definition) is 5. The minimum atomic E-state index is -0.380. The van der Waals surface area contributed by atoms with Crippen LogP contribution >= 0.6 is 0 Å². The molecule has 0 aliphatic carbocycles. The van der Waals surface area contributed by atoms with Crippen molar-refractivity contribution in [2.24, 2.45) is 5.73 Å². The molecular weight excluding hydrogens is 210 g/mol. The maximum absolute atomic E-state index is 9.06. The van der Waals surface area contributed by atoms with E-state index < -0.39 is 0 Å². The highest BCUT2D eigenvalue weighted by Crippen LogP contribution is 1.98. The first kappa shape index (κ1) is 15.8. The van der Waals surface area contributed by atoms with Crippen LogP contribution in [-0.2, 0) is 14.2 Å². The monoisotopic (exact) mass is 235 g/mol. The van der Waals surface area contributed by atoms with E-state index in [9.17, 15) is 0 Å². The van der Waals surface area contributed by atoms with Gasteiger partial charge in [0.15, 0.2) is 0 Å². The molecule has 98 valence electrons. The lowest BCUT2D eigenvalue weighted by Gasteiger charge is -2.21. The average molecular weight is 235 g/mol. The zero-order valence-electron chi connectivity index (χ0n) is 10.4. The first-order chi connectivity index (χ1) is 7.76. The molecule has 0 amide bonds. The van der Waals surface area contributed by atoms with Gasteiger partial charge in [0.25, 0.3) is 0 Å². The third kappa shape index (κ3) is 8.01. The van der Waals surface area contributed by atoms with Crippen LogP contribution in [-0.4, -0.2) is 57.4 Å². The van der Waals surface area contributed by atoms with Crippen molar-refractivity contribution < 1.29 is 19.3 Å². The van der Waals surface area contributed by atoms with Gasteiger partial charge in [-0.2, -0.15) is 0 Å². The van der Waals surface area contributed by atoms with Gasteiger partial charge in [-0.3, -0.25) is 0 Å². The molecule has 0 rings (SSSR count). The maximum Gasteiger partial charge on any atom is 0.0979 e. The van der Waals surface area contributed by atoms with Gasteiger partial charge < -0.3 is 25.1 Å². The van der Waals surface area contributed by atoms with E-state index in [4.69, 9.17) is 25.1 Å². The second-order valence-electron chi connectivity index (χ2n) is 3.68. The van der Waals surface area contributed by atoms with Crippen LogP contribution in [0.15, 0.2) is 0 Å². The normalized spacial score (nSPS) is 15.0. The molecule has 2 atom stereocenters. The summed E-state index contributed by atoms with van der Waals surface area (Å²) in [5.41, 5.74) is 5.75. The Balaban J connectivity index is 3.47. The van der Waals surface area contributed by atoms with Gasteiger partial charge >= 0.3 is 0 Å². The lowest BCUT2D eigenvalue weighted by atomic mass is 10.2. The van der Waals surface area contributed by atoms with Crippen molar-refractivity contribution in [3.05, 3.63) is 0 Å². The summed E-state index contributed by atoms with van der Waals surface area (Å²) in [6.07, 6.45) is 1.81. The number of rotatable bonds is 11. The SMILES string of the molecule is CCCCOCCOC(CO)C(N)COC. The predicted octanol–water partition coefficient (Wildman–Crippen LogP) is 0.154. The fourth-order valence-corrected chi connectivity index (χ4v) is 1.22. The van der Waals surface area contributed by atoms with E-state index in [1.807, 2.05) is 0 Å². The average Bonchev–Trinajstić information content (AvgIpc) is 2.28. The van der Waals surface area contributed by atoms with Crippen molar-refractivity contribution in [1.29, 1.82) is 0 Å². The molecule has 0 aromatic carbocycles. The van der Waals surface area contributed by atoms with Crippen LogP contribution in [0, 0.1) is 0 Å². The lowest BCUT2D eigenvalue weighted by Crippen LogP contribution is -2.43. The van der Waals surface area contributed by atoms with Gasteiger partial charge in [-0.15, -0.1) is 0 Å². The number of ether oxygens (including phenoxy) is 3. The zero-order chi connectivity index (χ0) is 12.2. The second kappa shape index (κ2) is 11.3. The van der Waals surface area contributed by atoms with Crippen molar-refractivity contribution >= 4 is 0 Å². The fraction of sp³-hybridized carbons (Fsp3) is 1.00. The molecule has 5 nitrogen and oxygen atoms in total. The van der Waals surface area contributed by atoms with Crippen LogP contribution in [0.3, 0.4) is 0 Å². The summed E-state index contributed by atoms with van der Waals surface area (Å²) in [5, 5.41) is 9.06. The van der Waals surface area contributed by atoms with Crippen molar-refractivity contribution in [3.8, 4) is 0 Å². The summed E-state index contributed by atoms with van der Waals surface area (Å²) >= 11 is 0. The van der Waals surface area contributed by atoms with Gasteiger partial charge in [0, 0.05) is 13.7 Å². The molecule has 0 aromatic heterocycles. The van der Waals surface area contributed by atoms with Crippen LogP contribution in [0.1, 0.15) is 19.8 Å². The third-order valence-electron chi connectivity index (χ3n) is 2.22. The molecule has 16 heavy (non-hydrogen) atoms. The number of nitrogens with two attached hydrogens (primary N) is 1. The summed E-state index contributed by atoms with van der Waals surface area (Å²) in [6.45, 7) is 4.14. The Kier molecular flexibility index (Phi) is 11.1. The van der Waals surface area contributed by atoms with Crippen LogP contribution < -0.4 is 5.73 Å². The Morgan fingerprint density at radius 1 is 1.25 bits per heavy atom. The number of methoxy groups -OCH3 is 1. The van der Waals surface area contributed by atoms with Crippen LogP contribution in [0.4, 0.5) is 0 Å². The summed E-state index contributed by atoms with van der Waals surface area (Å²) in [7, 11) is 1.57. The largest absolute Gasteiger partial charge is 0.394 e. The van der Waals surface area contributed by atoms with Gasteiger partial charge in [0.2, 0.25) is 0 Å². The highest BCUT2D eigenvalue weighted by Gasteiger charge is 2.16. The highest BCUT2D eigenvalue weighted by atomic mass is 16.5. The van der Waals surface area contributed by atoms with E-state index in [-0.39, 0.29) is 18.8 Å². The van der Waals surface area contributed by atoms with Crippen LogP contribution in [0.5, 0.6) is 0 Å². The molecule has 0 radical (unpaired) electrons. The summed E-state index contributed by atoms with van der Waals surface area (Å²) in [6, 6.07) is -0.300. The van der Waals surface area contributed by atoms with E-state index in [2.05, 4.69) is 6.92 Å². The quantitative estimate of drug-likeness (QED) is 0.499. The van der Waals surface area contributed by atoms with Gasteiger partial charge in [0.1, 0.15) is 0 Å². The molecule has 0 saturated heterocycles. The summed E-state index contributed by atoms with van der Waals surface area (Å²) in [5.74, 6) is 0. The standard InChI is InChI=1S/C11H25NO4/c1-3-4-5-15-6-7-16-11(8-13)10(12)9-14-2/h10-11,13H,3-9,12H2,1-2H3. The van der Waals surface area contributed by atoms with Crippen LogP contribution in [0.2, 0.25) is 0 Å². The molecule has 3 N–H and O–H groups in total. The molecule has 5 heteroatoms. The van der Waals surface area contributed by atoms with E-state index >= 15 is 0 Å². The first-order valence-corrected chi connectivity index (χ1v) is 5.81. The fourth-order valence-electron chi connectivity index (χ4n) is 1.22. The molecule has 2 unspecified atom stereocenters. The first-order valence-electron chi connectivity index (χ1n) is 5.81. The molecule has 0 fully saturated rings. The van der Waals surface area contributed by atoms with Gasteiger partial charge in [-0.1, -0.05) is 13.3 Å². The van der Waals surface area contributed by atoms with Crippen molar-refractivity contribution in [2.45, 2.75) is 31.9 Å². The van der Waals surface area contributed by atoms with E-state index in [0.29, 0.717) is 19.8 Å². The Morgan fingerprint density at radius 2 is 2.00 bits per heavy atom. The molecular formula is C11H25NO4. The van der Waals surface area contributed by atoms with E-state index in [1.54, 1.807) is 7.11 Å². The number of aliphatic hydroxyl groups excluding tert-OH is 1. The van der Waals surface area contributed by atoms with Crippen molar-refractivity contribution in [2.75, 3.05) is 40.1 Å². The zero-order valence-corrected chi connectivity index (χ0v) is 10.4. The predicted molar refractivity (Wildman–Crippen MR) is 62.4 cm³/mol. The van der Waals surface area contributed by atoms with Crippen molar-refractivity contribution in [1.82, 2.24) is 0 Å².